The lowest BCUT2D eigenvalue weighted by atomic mass is 9.97. The molecule has 212 valence electrons. The van der Waals surface area contributed by atoms with E-state index in [2.05, 4.69) is 33.5 Å². The summed E-state index contributed by atoms with van der Waals surface area (Å²) in [6.45, 7) is 3.89. The Balaban J connectivity index is 1.47. The largest absolute Gasteiger partial charge is 0.494 e. The van der Waals surface area contributed by atoms with Crippen LogP contribution in [0, 0.1) is 34.0 Å². The number of benzene rings is 2. The van der Waals surface area contributed by atoms with Crippen LogP contribution in [-0.2, 0) is 10.5 Å². The number of aliphatic hydroxyl groups is 1. The zero-order valence-electron chi connectivity index (χ0n) is 22.9. The van der Waals surface area contributed by atoms with Gasteiger partial charge >= 0.3 is 0 Å². The van der Waals surface area contributed by atoms with Crippen molar-refractivity contribution in [1.29, 1.82) is 15.8 Å². The molecule has 10 nitrogen and oxygen atoms in total. The Kier molecular flexibility index (Phi) is 9.98. The van der Waals surface area contributed by atoms with Crippen LogP contribution in [0.4, 0.5) is 16.6 Å². The molecule has 4 rings (SSSR count). The van der Waals surface area contributed by atoms with E-state index in [1.807, 2.05) is 17.5 Å². The molecule has 2 aromatic carbocycles. The molecule has 0 aliphatic carbocycles. The normalized spacial score (nSPS) is 10.9. The fourth-order valence-corrected chi connectivity index (χ4v) is 5.53. The van der Waals surface area contributed by atoms with Gasteiger partial charge in [-0.1, -0.05) is 23.9 Å². The van der Waals surface area contributed by atoms with Crippen molar-refractivity contribution < 1.29 is 14.6 Å². The minimum atomic E-state index is -1.18. The summed E-state index contributed by atoms with van der Waals surface area (Å²) in [5.74, 6) is -0.0930. The highest BCUT2D eigenvalue weighted by molar-refractivity contribution is 7.98. The number of hydrogen-bond acceptors (Lipinski definition) is 12. The molecular weight excluding hydrogens is 571 g/mol. The Morgan fingerprint density at radius 2 is 1.69 bits per heavy atom. The fraction of sp³-hybridized carbons (Fsp3) is 0.233. The Hall–Kier alpha value is -4.64. The number of nitrogens with two attached hydrogens (primary N) is 1. The Morgan fingerprint density at radius 1 is 0.976 bits per heavy atom. The van der Waals surface area contributed by atoms with E-state index in [1.54, 1.807) is 50.2 Å². The second kappa shape index (κ2) is 13.8. The molecule has 0 aliphatic rings. The van der Waals surface area contributed by atoms with Gasteiger partial charge in [0.1, 0.15) is 34.3 Å². The Bertz CT molecular complexity index is 1660. The molecule has 0 unspecified atom stereocenters. The lowest BCUT2D eigenvalue weighted by Gasteiger charge is -2.18. The number of rotatable bonds is 12. The molecule has 0 saturated carbocycles. The molecule has 4 N–H and O–H groups in total. The third kappa shape index (κ3) is 7.97. The Morgan fingerprint density at radius 3 is 2.33 bits per heavy atom. The predicted octanol–water partition coefficient (Wildman–Crippen LogP) is 5.95. The Labute approximate surface area is 252 Å². The monoisotopic (exact) mass is 597 g/mol. The zero-order valence-corrected chi connectivity index (χ0v) is 24.6. The molecule has 2 aromatic heterocycles. The van der Waals surface area contributed by atoms with Crippen molar-refractivity contribution in [3.8, 4) is 35.1 Å². The molecule has 0 spiro atoms. The quantitative estimate of drug-likeness (QED) is 0.0999. The highest BCUT2D eigenvalue weighted by atomic mass is 32.2. The number of thioether (sulfide) groups is 1. The average molecular weight is 598 g/mol. The first-order chi connectivity index (χ1) is 20.2. The topological polar surface area (TPSA) is 174 Å². The third-order valence-electron chi connectivity index (χ3n) is 5.75. The molecule has 0 fully saturated rings. The van der Waals surface area contributed by atoms with Crippen molar-refractivity contribution in [2.45, 2.75) is 36.8 Å². The maximum absolute atomic E-state index is 10.1. The van der Waals surface area contributed by atoms with Gasteiger partial charge in [0.05, 0.1) is 36.1 Å². The first-order valence-electron chi connectivity index (χ1n) is 12.8. The molecule has 0 amide bonds. The van der Waals surface area contributed by atoms with Gasteiger partial charge in [0, 0.05) is 28.8 Å². The van der Waals surface area contributed by atoms with Gasteiger partial charge in [-0.05, 0) is 55.8 Å². The lowest BCUT2D eigenvalue weighted by molar-refractivity contribution is -0.176. The number of nitrogens with one attached hydrogen (secondary N) is 1. The lowest BCUT2D eigenvalue weighted by Crippen LogP contribution is -2.24. The molecule has 4 aromatic rings. The molecule has 0 atom stereocenters. The van der Waals surface area contributed by atoms with Gasteiger partial charge < -0.3 is 25.6 Å². The van der Waals surface area contributed by atoms with Crippen LogP contribution < -0.4 is 15.8 Å². The number of aromatic nitrogens is 2. The number of anilines is 3. The van der Waals surface area contributed by atoms with E-state index in [1.165, 1.54) is 23.1 Å². The molecule has 0 bridgehead atoms. The summed E-state index contributed by atoms with van der Waals surface area (Å²) in [6.07, 6.45) is 0.594. The highest BCUT2D eigenvalue weighted by Crippen LogP contribution is 2.37. The smallest absolute Gasteiger partial charge is 0.187 e. The summed E-state index contributed by atoms with van der Waals surface area (Å²) in [5, 5.41) is 44.8. The molecule has 0 saturated heterocycles. The van der Waals surface area contributed by atoms with Gasteiger partial charge in [-0.2, -0.15) is 15.8 Å². The van der Waals surface area contributed by atoms with E-state index in [-0.39, 0.29) is 16.9 Å². The average Bonchev–Trinajstić information content (AvgIpc) is 3.42. The van der Waals surface area contributed by atoms with E-state index in [4.69, 9.17) is 20.5 Å². The van der Waals surface area contributed by atoms with Gasteiger partial charge in [-0.25, -0.2) is 9.97 Å². The number of nitrogens with zero attached hydrogens (tertiary/aromatic N) is 5. The van der Waals surface area contributed by atoms with Crippen LogP contribution >= 0.6 is 23.1 Å². The number of nitriles is 3. The van der Waals surface area contributed by atoms with Crippen LogP contribution in [0.5, 0.6) is 5.75 Å². The molecule has 0 radical (unpaired) electrons. The molecule has 2 heterocycles. The predicted molar refractivity (Wildman–Crippen MR) is 162 cm³/mol. The van der Waals surface area contributed by atoms with Crippen LogP contribution in [0.1, 0.15) is 42.7 Å². The number of nitrogen functional groups attached to an aromatic ring is 1. The van der Waals surface area contributed by atoms with Crippen molar-refractivity contribution >= 4 is 39.7 Å². The summed E-state index contributed by atoms with van der Waals surface area (Å²) >= 11 is 2.75. The van der Waals surface area contributed by atoms with Crippen molar-refractivity contribution in [1.82, 2.24) is 9.97 Å². The highest BCUT2D eigenvalue weighted by Gasteiger charge is 2.21. The van der Waals surface area contributed by atoms with Gasteiger partial charge in [-0.3, -0.25) is 0 Å². The van der Waals surface area contributed by atoms with Crippen molar-refractivity contribution in [3.63, 3.8) is 0 Å². The van der Waals surface area contributed by atoms with Gasteiger partial charge in [0.2, 0.25) is 0 Å². The fourth-order valence-electron chi connectivity index (χ4n) is 3.80. The van der Waals surface area contributed by atoms with Crippen molar-refractivity contribution in [2.24, 2.45) is 0 Å². The van der Waals surface area contributed by atoms with Gasteiger partial charge in [-0.15, -0.1) is 11.3 Å². The summed E-state index contributed by atoms with van der Waals surface area (Å²) < 4.78 is 11.0. The number of hydrogen-bond donors (Lipinski definition) is 3. The van der Waals surface area contributed by atoms with Crippen LogP contribution in [-0.4, -0.2) is 34.1 Å². The summed E-state index contributed by atoms with van der Waals surface area (Å²) in [6, 6.07) is 20.5. The van der Waals surface area contributed by atoms with E-state index in [0.717, 1.165) is 11.4 Å². The minimum absolute atomic E-state index is 0.0441. The molecule has 42 heavy (non-hydrogen) atoms. The third-order valence-corrected chi connectivity index (χ3v) is 7.56. The maximum atomic E-state index is 10.1. The molecule has 0 aliphatic heterocycles. The van der Waals surface area contributed by atoms with Crippen LogP contribution in [0.25, 0.3) is 11.1 Å². The van der Waals surface area contributed by atoms with Crippen LogP contribution in [0.2, 0.25) is 0 Å². The first kappa shape index (κ1) is 30.3. The SMILES string of the molecule is CC(C)(O)OCCCOc1ccc(-c2c(C#N)c(N)nc(SCc3csc(Nc4ccc(C#N)cc4)n3)c2C#N)cc1. The minimum Gasteiger partial charge on any atom is -0.494 e. The van der Waals surface area contributed by atoms with E-state index < -0.39 is 5.79 Å². The van der Waals surface area contributed by atoms with Crippen molar-refractivity contribution in [2.75, 3.05) is 24.3 Å². The number of ether oxygens (including phenoxy) is 2. The standard InChI is InChI=1S/C30H27N7O3S2/c1-30(2,38)40-13-3-12-39-23-10-6-20(7-11-23)26-24(15-32)27(34)37-28(25(26)16-33)41-17-22-18-42-29(36-22)35-21-8-4-19(14-31)5-9-21/h4-11,18,38H,3,12-13,17H2,1-2H3,(H2,34,37)(H,35,36). The summed E-state index contributed by atoms with van der Waals surface area (Å²) in [4.78, 5) is 8.98. The molecular formula is C30H27N7O3S2. The van der Waals surface area contributed by atoms with Crippen LogP contribution in [0.15, 0.2) is 58.9 Å². The van der Waals surface area contributed by atoms with Crippen LogP contribution in [0.3, 0.4) is 0 Å². The summed E-state index contributed by atoms with van der Waals surface area (Å²) in [5.41, 5.74) is 9.80. The maximum Gasteiger partial charge on any atom is 0.187 e. The van der Waals surface area contributed by atoms with Gasteiger partial charge in [0.25, 0.3) is 0 Å². The summed E-state index contributed by atoms with van der Waals surface area (Å²) in [7, 11) is 0. The number of pyridine rings is 1. The van der Waals surface area contributed by atoms with E-state index in [0.29, 0.717) is 58.0 Å². The second-order valence-corrected chi connectivity index (χ2v) is 11.2. The zero-order chi connectivity index (χ0) is 30.1. The van der Waals surface area contributed by atoms with Gasteiger partial charge in [0.15, 0.2) is 10.9 Å². The number of thiazole rings is 1. The van der Waals surface area contributed by atoms with E-state index in [9.17, 15) is 15.6 Å². The molecule has 12 heteroatoms. The van der Waals surface area contributed by atoms with E-state index >= 15 is 0 Å². The van der Waals surface area contributed by atoms with Crippen molar-refractivity contribution in [3.05, 3.63) is 76.3 Å². The second-order valence-electron chi connectivity index (χ2n) is 9.42. The first-order valence-corrected chi connectivity index (χ1v) is 14.6.